The van der Waals surface area contributed by atoms with Crippen LogP contribution in [0.1, 0.15) is 213 Å². The third-order valence-electron chi connectivity index (χ3n) is 9.62. The van der Waals surface area contributed by atoms with Crippen LogP contribution in [0.5, 0.6) is 0 Å². The quantitative estimate of drug-likeness (QED) is 0.0237. The SMILES string of the molecule is CCCCCCCCCCCC[SH]1(CCCCCCCCCCCC)(CCCCCCCCCCCC)OP(O)OSS1. The van der Waals surface area contributed by atoms with E-state index in [1.165, 1.54) is 221 Å². The molecule has 0 aliphatic carbocycles. The van der Waals surface area contributed by atoms with Gasteiger partial charge in [-0.15, -0.1) is 0 Å². The number of unbranched alkanes of at least 4 members (excludes halogenated alkanes) is 27. The van der Waals surface area contributed by atoms with Crippen LogP contribution in [0.4, 0.5) is 0 Å². The van der Waals surface area contributed by atoms with Crippen LogP contribution in [-0.4, -0.2) is 22.2 Å². The van der Waals surface area contributed by atoms with Gasteiger partial charge in [0, 0.05) is 0 Å². The summed E-state index contributed by atoms with van der Waals surface area (Å²) in [6, 6.07) is 0. The van der Waals surface area contributed by atoms with Crippen LogP contribution >= 0.6 is 38.0 Å². The van der Waals surface area contributed by atoms with Gasteiger partial charge in [0.05, 0.1) is 11.1 Å². The molecule has 3 nitrogen and oxygen atoms in total. The first-order valence-electron chi connectivity index (χ1n) is 19.3. The first kappa shape index (κ1) is 42.4. The highest BCUT2D eigenvalue weighted by atomic mass is 33.6. The third kappa shape index (κ3) is 22.5. The lowest BCUT2D eigenvalue weighted by molar-refractivity contribution is 0.419. The van der Waals surface area contributed by atoms with E-state index in [2.05, 4.69) is 20.8 Å². The summed E-state index contributed by atoms with van der Waals surface area (Å²) in [6.45, 7) is 6.90. The van der Waals surface area contributed by atoms with Gasteiger partial charge < -0.3 is 4.89 Å². The Labute approximate surface area is 280 Å². The van der Waals surface area contributed by atoms with Crippen molar-refractivity contribution in [1.29, 1.82) is 0 Å². The molecule has 0 bridgehead atoms. The summed E-state index contributed by atoms with van der Waals surface area (Å²) in [5.74, 6) is 3.58. The summed E-state index contributed by atoms with van der Waals surface area (Å²) in [7, 11) is -2.32. The van der Waals surface area contributed by atoms with Crippen molar-refractivity contribution in [3.8, 4) is 0 Å². The maximum atomic E-state index is 10.7. The summed E-state index contributed by atoms with van der Waals surface area (Å²) in [4.78, 5) is 10.7. The molecule has 1 aliphatic heterocycles. The van der Waals surface area contributed by atoms with Crippen LogP contribution in [0.25, 0.3) is 0 Å². The Morgan fingerprint density at radius 3 is 0.930 bits per heavy atom. The van der Waals surface area contributed by atoms with E-state index in [4.69, 9.17) is 7.94 Å². The third-order valence-corrected chi connectivity index (χ3v) is 25.0. The van der Waals surface area contributed by atoms with Crippen molar-refractivity contribution in [2.75, 3.05) is 17.3 Å². The van der Waals surface area contributed by atoms with E-state index in [9.17, 15) is 4.89 Å². The molecule has 0 aromatic carbocycles. The molecule has 7 heteroatoms. The van der Waals surface area contributed by atoms with Crippen molar-refractivity contribution in [3.63, 3.8) is 0 Å². The highest BCUT2D eigenvalue weighted by Gasteiger charge is 2.47. The van der Waals surface area contributed by atoms with Crippen molar-refractivity contribution >= 4 is 38.0 Å². The molecule has 0 amide bonds. The van der Waals surface area contributed by atoms with Crippen LogP contribution in [-0.2, 0) is 7.94 Å². The predicted octanol–water partition coefficient (Wildman–Crippen LogP) is 15.2. The van der Waals surface area contributed by atoms with E-state index >= 15 is 0 Å². The monoisotopic (exact) mass is 684 g/mol. The van der Waals surface area contributed by atoms with Crippen molar-refractivity contribution in [3.05, 3.63) is 0 Å². The number of hydrogen-bond donors (Lipinski definition) is 2. The van der Waals surface area contributed by atoms with Crippen molar-refractivity contribution in [2.45, 2.75) is 213 Å². The summed E-state index contributed by atoms with van der Waals surface area (Å²) < 4.78 is 12.3. The highest BCUT2D eigenvalue weighted by molar-refractivity contribution is 9.23. The first-order valence-corrected chi connectivity index (χ1v) is 25.9. The van der Waals surface area contributed by atoms with Gasteiger partial charge in [0.15, 0.2) is 0 Å². The van der Waals surface area contributed by atoms with Crippen molar-refractivity contribution < 1.29 is 12.8 Å². The zero-order valence-electron chi connectivity index (χ0n) is 29.3. The van der Waals surface area contributed by atoms with E-state index in [1.54, 1.807) is 0 Å². The van der Waals surface area contributed by atoms with Gasteiger partial charge in [0.25, 0.3) is 0 Å². The molecule has 1 N–H and O–H groups in total. The second-order valence-corrected chi connectivity index (χ2v) is 25.1. The fraction of sp³-hybridized carbons (Fsp3) is 1.00. The highest BCUT2D eigenvalue weighted by Crippen LogP contribution is 2.90. The van der Waals surface area contributed by atoms with Crippen molar-refractivity contribution in [1.82, 2.24) is 0 Å². The topological polar surface area (TPSA) is 38.7 Å². The fourth-order valence-corrected chi connectivity index (χ4v) is 22.4. The maximum Gasteiger partial charge on any atom is 0.352 e. The molecule has 0 spiro atoms. The molecule has 1 unspecified atom stereocenters. The molecule has 0 aromatic rings. The molecule has 1 fully saturated rings. The van der Waals surface area contributed by atoms with Crippen LogP contribution in [0, 0.1) is 0 Å². The van der Waals surface area contributed by atoms with Gasteiger partial charge in [-0.1, -0.05) is 194 Å². The van der Waals surface area contributed by atoms with E-state index in [0.29, 0.717) is 0 Å². The molecule has 1 rings (SSSR count). The Morgan fingerprint density at radius 2 is 0.674 bits per heavy atom. The Bertz CT molecular complexity index is 536. The number of hydrogen-bond acceptors (Lipinski definition) is 5. The van der Waals surface area contributed by atoms with Crippen molar-refractivity contribution in [2.24, 2.45) is 0 Å². The molecule has 0 radical (unpaired) electrons. The molecule has 1 aliphatic rings. The van der Waals surface area contributed by atoms with Gasteiger partial charge in [-0.3, -0.25) is 3.97 Å². The van der Waals surface area contributed by atoms with Gasteiger partial charge in [-0.05, 0) is 46.3 Å². The molecular weight excluding hydrogens is 608 g/mol. The van der Waals surface area contributed by atoms with Crippen LogP contribution in [0.15, 0.2) is 0 Å². The van der Waals surface area contributed by atoms with Gasteiger partial charge in [-0.25, -0.2) is 3.97 Å². The molecule has 1 saturated heterocycles. The standard InChI is InChI=1S/C36H77O3PS3/c1-4-7-10-13-16-19-22-25-28-31-34-43(39-40(37)38-41-42-43,35-32-29-26-23-20-17-14-11-8-5-2)36-33-30-27-24-21-18-15-12-9-6-3/h37,43H,4-36H2,1-3H3. The smallest absolute Gasteiger partial charge is 0.327 e. The lowest BCUT2D eigenvalue weighted by atomic mass is 10.1. The van der Waals surface area contributed by atoms with Crippen LogP contribution in [0.2, 0.25) is 0 Å². The molecule has 1 atom stereocenters. The summed E-state index contributed by atoms with van der Waals surface area (Å²) in [5, 5.41) is 0. The number of rotatable bonds is 33. The molecular formula is C36H77O3PS3. The Hall–Kier alpha value is 1.36. The fourth-order valence-electron chi connectivity index (χ4n) is 6.75. The zero-order chi connectivity index (χ0) is 31.2. The Balaban J connectivity index is 2.56. The largest absolute Gasteiger partial charge is 0.352 e. The minimum atomic E-state index is -2.53. The first-order chi connectivity index (χ1) is 21.1. The molecule has 0 saturated carbocycles. The van der Waals surface area contributed by atoms with E-state index in [-0.39, 0.29) is 0 Å². The molecule has 262 valence electrons. The van der Waals surface area contributed by atoms with Crippen LogP contribution < -0.4 is 0 Å². The molecule has 1 heterocycles. The Kier molecular flexibility index (Phi) is 29.1. The second kappa shape index (κ2) is 29.5. The molecule has 0 aromatic heterocycles. The van der Waals surface area contributed by atoms with Gasteiger partial charge in [0.2, 0.25) is 0 Å². The minimum absolute atomic E-state index is 1.19. The predicted molar refractivity (Wildman–Crippen MR) is 206 cm³/mol. The van der Waals surface area contributed by atoms with Gasteiger partial charge >= 0.3 is 8.60 Å². The minimum Gasteiger partial charge on any atom is -0.327 e. The number of thiol groups is 1. The average molecular weight is 685 g/mol. The lowest BCUT2D eigenvalue weighted by Gasteiger charge is -2.61. The maximum absolute atomic E-state index is 10.7. The summed E-state index contributed by atoms with van der Waals surface area (Å²) >= 11 is 1.48. The summed E-state index contributed by atoms with van der Waals surface area (Å²) in [6.07, 6.45) is 41.2. The lowest BCUT2D eigenvalue weighted by Crippen LogP contribution is -2.29. The zero-order valence-corrected chi connectivity index (χ0v) is 32.7. The van der Waals surface area contributed by atoms with E-state index < -0.39 is 17.1 Å². The molecule has 43 heavy (non-hydrogen) atoms. The van der Waals surface area contributed by atoms with Gasteiger partial charge in [0.1, 0.15) is 0 Å². The second-order valence-electron chi connectivity index (χ2n) is 13.8. The van der Waals surface area contributed by atoms with Gasteiger partial charge in [-0.2, -0.15) is 8.47 Å². The Morgan fingerprint density at radius 1 is 0.419 bits per heavy atom. The van der Waals surface area contributed by atoms with E-state index in [1.807, 2.05) is 9.83 Å². The van der Waals surface area contributed by atoms with E-state index in [0.717, 1.165) is 0 Å². The average Bonchev–Trinajstić information content (AvgIpc) is 3.00. The van der Waals surface area contributed by atoms with Crippen LogP contribution in [0.3, 0.4) is 0 Å². The normalized spacial score (nSPS) is 18.9. The summed E-state index contributed by atoms with van der Waals surface area (Å²) in [5.41, 5.74) is 0.